The number of rotatable bonds is 7. The maximum absolute atomic E-state index is 14.6. The molecule has 0 aliphatic rings. The summed E-state index contributed by atoms with van der Waals surface area (Å²) >= 11 is 0. The Hall–Kier alpha value is -3.68. The van der Waals surface area contributed by atoms with E-state index in [0.29, 0.717) is 16.8 Å². The third kappa shape index (κ3) is 6.16. The first-order chi connectivity index (χ1) is 14.1. The van der Waals surface area contributed by atoms with Crippen molar-refractivity contribution in [2.24, 2.45) is 0 Å². The van der Waals surface area contributed by atoms with E-state index in [0.717, 1.165) is 0 Å². The fourth-order valence-electron chi connectivity index (χ4n) is 2.97. The normalized spacial score (nSPS) is 12.4. The minimum Gasteiger partial charge on any atom is -0.461 e. The summed E-state index contributed by atoms with van der Waals surface area (Å²) in [6, 6.07) is 11.3. The molecule has 30 heavy (non-hydrogen) atoms. The molecule has 0 spiro atoms. The number of ether oxygens (including phenoxy) is 1. The summed E-state index contributed by atoms with van der Waals surface area (Å²) in [6.07, 6.45) is 0.0353. The Morgan fingerprint density at radius 3 is 2.47 bits per heavy atom. The zero-order valence-electron chi connectivity index (χ0n) is 16.8. The Bertz CT molecular complexity index is 962. The summed E-state index contributed by atoms with van der Waals surface area (Å²) in [5, 5.41) is 4.85. The van der Waals surface area contributed by atoms with Crippen LogP contribution in [0.5, 0.6) is 0 Å². The second-order valence-electron chi connectivity index (χ2n) is 7.05. The van der Waals surface area contributed by atoms with Gasteiger partial charge in [-0.25, -0.2) is 9.18 Å². The summed E-state index contributed by atoms with van der Waals surface area (Å²) in [6.45, 7) is 6.56. The highest BCUT2D eigenvalue weighted by Gasteiger charge is 2.33. The molecule has 0 aromatic heterocycles. The van der Waals surface area contributed by atoms with Crippen molar-refractivity contribution in [3.05, 3.63) is 77.6 Å². The van der Waals surface area contributed by atoms with Crippen LogP contribution in [0.1, 0.15) is 36.2 Å². The molecule has 158 valence electrons. The van der Waals surface area contributed by atoms with Crippen LogP contribution in [-0.2, 0) is 15.1 Å². The van der Waals surface area contributed by atoms with E-state index in [1.165, 1.54) is 25.1 Å². The number of amides is 3. The molecular weight excluding hydrogens is 389 g/mol. The molecule has 0 saturated heterocycles. The van der Waals surface area contributed by atoms with E-state index in [4.69, 9.17) is 10.5 Å². The van der Waals surface area contributed by atoms with Gasteiger partial charge in [-0.05, 0) is 49.2 Å². The summed E-state index contributed by atoms with van der Waals surface area (Å²) in [5.74, 6) is -1.70. The topological polar surface area (TPSA) is 111 Å². The van der Waals surface area contributed by atoms with Gasteiger partial charge in [-0.15, -0.1) is 0 Å². The summed E-state index contributed by atoms with van der Waals surface area (Å²) < 4.78 is 19.5. The first-order valence-electron chi connectivity index (χ1n) is 9.15. The van der Waals surface area contributed by atoms with Crippen molar-refractivity contribution in [2.45, 2.75) is 25.8 Å². The van der Waals surface area contributed by atoms with Gasteiger partial charge in [0, 0.05) is 23.7 Å². The average Bonchev–Trinajstić information content (AvgIpc) is 2.68. The first-order valence-corrected chi connectivity index (χ1v) is 9.15. The fourth-order valence-corrected chi connectivity index (χ4v) is 2.97. The van der Waals surface area contributed by atoms with Crippen molar-refractivity contribution < 1.29 is 23.5 Å². The lowest BCUT2D eigenvalue weighted by Gasteiger charge is -2.32. The number of esters is 1. The van der Waals surface area contributed by atoms with Crippen molar-refractivity contribution in [3.63, 3.8) is 0 Å². The largest absolute Gasteiger partial charge is 0.461 e. The second-order valence-corrected chi connectivity index (χ2v) is 7.05. The van der Waals surface area contributed by atoms with Crippen LogP contribution in [0.15, 0.2) is 60.7 Å². The third-order valence-corrected chi connectivity index (χ3v) is 4.32. The van der Waals surface area contributed by atoms with Crippen LogP contribution in [0.3, 0.4) is 0 Å². The molecule has 3 amide bonds. The molecule has 0 radical (unpaired) electrons. The van der Waals surface area contributed by atoms with Crippen LogP contribution in [0.25, 0.3) is 0 Å². The number of carbonyl (C=O) groups is 3. The minimum atomic E-state index is -1.32. The van der Waals surface area contributed by atoms with Gasteiger partial charge in [-0.1, -0.05) is 24.8 Å². The van der Waals surface area contributed by atoms with Crippen molar-refractivity contribution in [3.8, 4) is 0 Å². The Morgan fingerprint density at radius 1 is 1.17 bits per heavy atom. The number of carbonyl (C=O) groups excluding carboxylic acids is 3. The molecule has 8 heteroatoms. The number of anilines is 1. The number of nitrogens with two attached hydrogens (primary N) is 1. The zero-order valence-corrected chi connectivity index (χ0v) is 16.8. The van der Waals surface area contributed by atoms with Gasteiger partial charge in [0.2, 0.25) is 0 Å². The lowest BCUT2D eigenvalue weighted by Crippen LogP contribution is -2.50. The molecule has 1 atom stereocenters. The van der Waals surface area contributed by atoms with Gasteiger partial charge < -0.3 is 15.8 Å². The van der Waals surface area contributed by atoms with Gasteiger partial charge in [-0.3, -0.25) is 14.9 Å². The van der Waals surface area contributed by atoms with Crippen molar-refractivity contribution in [1.29, 1.82) is 0 Å². The first kappa shape index (κ1) is 22.6. The molecule has 2 aromatic carbocycles. The molecule has 0 heterocycles. The van der Waals surface area contributed by atoms with Gasteiger partial charge in [0.05, 0.1) is 5.54 Å². The molecule has 2 rings (SSSR count). The van der Waals surface area contributed by atoms with E-state index in [9.17, 15) is 18.8 Å². The smallest absolute Gasteiger partial charge is 0.322 e. The van der Waals surface area contributed by atoms with Gasteiger partial charge >= 0.3 is 12.0 Å². The highest BCUT2D eigenvalue weighted by Crippen LogP contribution is 2.31. The molecule has 0 aliphatic carbocycles. The van der Waals surface area contributed by atoms with Crippen LogP contribution in [0, 0.1) is 5.82 Å². The molecule has 0 aliphatic heterocycles. The fraction of sp³-hybridized carbons (Fsp3) is 0.227. The van der Waals surface area contributed by atoms with E-state index in [1.807, 2.05) is 0 Å². The van der Waals surface area contributed by atoms with Gasteiger partial charge in [0.1, 0.15) is 12.4 Å². The molecule has 0 unspecified atom stereocenters. The van der Waals surface area contributed by atoms with Crippen LogP contribution < -0.4 is 16.4 Å². The van der Waals surface area contributed by atoms with Gasteiger partial charge in [0.25, 0.3) is 5.91 Å². The lowest BCUT2D eigenvalue weighted by atomic mass is 9.85. The van der Waals surface area contributed by atoms with E-state index in [2.05, 4.69) is 17.2 Å². The van der Waals surface area contributed by atoms with Crippen LogP contribution in [0.2, 0.25) is 0 Å². The zero-order chi connectivity index (χ0) is 22.3. The van der Waals surface area contributed by atoms with Crippen LogP contribution >= 0.6 is 0 Å². The number of hydrogen-bond acceptors (Lipinski definition) is 5. The van der Waals surface area contributed by atoms with Gasteiger partial charge in [-0.2, -0.15) is 0 Å². The number of nitrogen functional groups attached to an aromatic ring is 1. The predicted octanol–water partition coefficient (Wildman–Crippen LogP) is 3.27. The Balaban J connectivity index is 2.25. The van der Waals surface area contributed by atoms with Crippen molar-refractivity contribution >= 4 is 23.6 Å². The molecule has 4 N–H and O–H groups in total. The number of hydrogen-bond donors (Lipinski definition) is 3. The highest BCUT2D eigenvalue weighted by molar-refractivity contribution is 6.04. The lowest BCUT2D eigenvalue weighted by molar-refractivity contribution is -0.140. The van der Waals surface area contributed by atoms with E-state index < -0.39 is 29.3 Å². The molecule has 2 aromatic rings. The summed E-state index contributed by atoms with van der Waals surface area (Å²) in [5.41, 5.74) is 5.61. The Kier molecular flexibility index (Phi) is 7.30. The number of imide groups is 1. The maximum atomic E-state index is 14.6. The molecule has 7 nitrogen and oxygen atoms in total. The number of nitrogens with one attached hydrogen (secondary N) is 2. The van der Waals surface area contributed by atoms with Crippen LogP contribution in [0.4, 0.5) is 14.9 Å². The Morgan fingerprint density at radius 2 is 1.83 bits per heavy atom. The van der Waals surface area contributed by atoms with E-state index in [1.54, 1.807) is 37.3 Å². The summed E-state index contributed by atoms with van der Waals surface area (Å²) in [4.78, 5) is 35.9. The monoisotopic (exact) mass is 413 g/mol. The number of urea groups is 1. The predicted molar refractivity (Wildman–Crippen MR) is 111 cm³/mol. The number of benzene rings is 2. The Labute approximate surface area is 174 Å². The molecular formula is C22H24FN3O4. The average molecular weight is 413 g/mol. The standard InChI is InChI=1S/C22H24FN3O4/c1-14(13-30-15(2)27)12-22(3,18-11-17(24)9-10-19(18)23)26-21(29)25-20(28)16-7-5-4-6-8-16/h4-11H,1,12-13,24H2,2-3H3,(H2,25,26,28,29)/t22-/m0/s1. The summed E-state index contributed by atoms with van der Waals surface area (Å²) in [7, 11) is 0. The van der Waals surface area contributed by atoms with Crippen molar-refractivity contribution in [2.75, 3.05) is 12.3 Å². The molecule has 0 bridgehead atoms. The SMILES string of the molecule is C=C(COC(C)=O)C[C@](C)(NC(=O)NC(=O)c1ccccc1)c1cc(N)ccc1F. The number of halogens is 1. The van der Waals surface area contributed by atoms with Gasteiger partial charge in [0.15, 0.2) is 0 Å². The second kappa shape index (κ2) is 9.69. The maximum Gasteiger partial charge on any atom is 0.322 e. The molecule has 0 fully saturated rings. The highest BCUT2D eigenvalue weighted by atomic mass is 19.1. The molecule has 0 saturated carbocycles. The minimum absolute atomic E-state index is 0.0353. The quantitative estimate of drug-likeness (QED) is 0.367. The van der Waals surface area contributed by atoms with E-state index in [-0.39, 0.29) is 18.6 Å². The van der Waals surface area contributed by atoms with Crippen molar-refractivity contribution in [1.82, 2.24) is 10.6 Å². The van der Waals surface area contributed by atoms with E-state index >= 15 is 0 Å². The third-order valence-electron chi connectivity index (χ3n) is 4.32. The van der Waals surface area contributed by atoms with Crippen LogP contribution in [-0.4, -0.2) is 24.5 Å².